The number of benzene rings is 1. The number of thiophene rings is 1. The van der Waals surface area contributed by atoms with Crippen LogP contribution in [0.3, 0.4) is 0 Å². The minimum absolute atomic E-state index is 0.0425. The van der Waals surface area contributed by atoms with Crippen molar-refractivity contribution in [1.82, 2.24) is 9.80 Å². The highest BCUT2D eigenvalue weighted by Crippen LogP contribution is 2.35. The van der Waals surface area contributed by atoms with Gasteiger partial charge in [0.25, 0.3) is 5.91 Å². The Morgan fingerprint density at radius 2 is 1.77 bits per heavy atom. The molecule has 0 spiro atoms. The van der Waals surface area contributed by atoms with Crippen LogP contribution >= 0.6 is 22.9 Å². The van der Waals surface area contributed by atoms with Gasteiger partial charge in [-0.3, -0.25) is 4.79 Å². The Hall–Kier alpha value is -1.10. The van der Waals surface area contributed by atoms with E-state index >= 15 is 0 Å². The van der Waals surface area contributed by atoms with E-state index in [2.05, 4.69) is 18.7 Å². The summed E-state index contributed by atoms with van der Waals surface area (Å²) >= 11 is 7.91. The number of carbonyl (C=O) groups is 1. The summed E-state index contributed by atoms with van der Waals surface area (Å²) in [6, 6.07) is 7.90. The molecular weight excluding hydrogens is 316 g/mol. The molecule has 0 fully saturated rings. The van der Waals surface area contributed by atoms with Crippen LogP contribution in [0.1, 0.15) is 30.4 Å². The van der Waals surface area contributed by atoms with Crippen molar-refractivity contribution in [3.05, 3.63) is 34.2 Å². The second-order valence-electron chi connectivity index (χ2n) is 5.15. The second-order valence-corrected chi connectivity index (χ2v) is 6.58. The van der Waals surface area contributed by atoms with E-state index in [1.54, 1.807) is 0 Å². The smallest absolute Gasteiger partial charge is 0.265 e. The maximum atomic E-state index is 12.8. The first-order valence-electron chi connectivity index (χ1n) is 7.80. The minimum Gasteiger partial charge on any atom is -0.337 e. The highest BCUT2D eigenvalue weighted by Gasteiger charge is 2.21. The number of nitrogens with zero attached hydrogens (tertiary/aromatic N) is 2. The molecule has 0 radical (unpaired) electrons. The van der Waals surface area contributed by atoms with Crippen molar-refractivity contribution in [3.8, 4) is 0 Å². The Morgan fingerprint density at radius 1 is 1.09 bits per heavy atom. The van der Waals surface area contributed by atoms with E-state index in [9.17, 15) is 4.79 Å². The fourth-order valence-electron chi connectivity index (χ4n) is 2.50. The van der Waals surface area contributed by atoms with Gasteiger partial charge < -0.3 is 9.80 Å². The molecule has 0 bridgehead atoms. The van der Waals surface area contributed by atoms with Crippen LogP contribution in [0.5, 0.6) is 0 Å². The van der Waals surface area contributed by atoms with E-state index in [1.165, 1.54) is 11.3 Å². The summed E-state index contributed by atoms with van der Waals surface area (Å²) in [5.74, 6) is 0.0425. The lowest BCUT2D eigenvalue weighted by Crippen LogP contribution is -2.38. The monoisotopic (exact) mass is 338 g/mol. The summed E-state index contributed by atoms with van der Waals surface area (Å²) in [4.78, 5) is 17.7. The maximum absolute atomic E-state index is 12.8. The van der Waals surface area contributed by atoms with Crippen LogP contribution in [0, 0.1) is 0 Å². The average molecular weight is 339 g/mol. The van der Waals surface area contributed by atoms with Crippen LogP contribution in [-0.4, -0.2) is 48.4 Å². The van der Waals surface area contributed by atoms with Crippen molar-refractivity contribution < 1.29 is 4.79 Å². The van der Waals surface area contributed by atoms with Crippen LogP contribution in [-0.2, 0) is 0 Å². The molecule has 0 aliphatic rings. The fraction of sp³-hybridized carbons (Fsp3) is 0.471. The zero-order chi connectivity index (χ0) is 16.1. The van der Waals surface area contributed by atoms with E-state index < -0.39 is 0 Å². The highest BCUT2D eigenvalue weighted by molar-refractivity contribution is 7.21. The van der Waals surface area contributed by atoms with Gasteiger partial charge in [0.2, 0.25) is 0 Å². The standard InChI is InChI=1S/C17H23ClN2OS/c1-4-19(5-2)11-12-20(6-3)17(21)16-15(18)13-9-7-8-10-14(13)22-16/h7-10H,4-6,11-12H2,1-3H3. The van der Waals surface area contributed by atoms with E-state index in [1.807, 2.05) is 36.1 Å². The molecule has 1 amide bonds. The van der Waals surface area contributed by atoms with Crippen molar-refractivity contribution in [3.63, 3.8) is 0 Å². The summed E-state index contributed by atoms with van der Waals surface area (Å²) in [5.41, 5.74) is 0. The first kappa shape index (κ1) is 17.3. The van der Waals surface area contributed by atoms with E-state index in [-0.39, 0.29) is 5.91 Å². The molecule has 0 unspecified atom stereocenters. The molecule has 2 aromatic rings. The zero-order valence-electron chi connectivity index (χ0n) is 13.4. The lowest BCUT2D eigenvalue weighted by Gasteiger charge is -2.25. The van der Waals surface area contributed by atoms with Gasteiger partial charge in [-0.25, -0.2) is 0 Å². The van der Waals surface area contributed by atoms with Crippen LogP contribution in [0.15, 0.2) is 24.3 Å². The summed E-state index contributed by atoms with van der Waals surface area (Å²) in [6.07, 6.45) is 0. The van der Waals surface area contributed by atoms with Crippen molar-refractivity contribution in [2.45, 2.75) is 20.8 Å². The van der Waals surface area contributed by atoms with Crippen molar-refractivity contribution in [2.24, 2.45) is 0 Å². The number of hydrogen-bond acceptors (Lipinski definition) is 3. The van der Waals surface area contributed by atoms with Gasteiger partial charge >= 0.3 is 0 Å². The Balaban J connectivity index is 2.18. The maximum Gasteiger partial charge on any atom is 0.265 e. The normalized spacial score (nSPS) is 11.3. The second kappa shape index (κ2) is 7.95. The highest BCUT2D eigenvalue weighted by atomic mass is 35.5. The van der Waals surface area contributed by atoms with Gasteiger partial charge in [0.1, 0.15) is 4.88 Å². The van der Waals surface area contributed by atoms with Crippen molar-refractivity contribution in [2.75, 3.05) is 32.7 Å². The summed E-state index contributed by atoms with van der Waals surface area (Å²) < 4.78 is 1.07. The first-order chi connectivity index (χ1) is 10.6. The van der Waals surface area contributed by atoms with Crippen molar-refractivity contribution >= 4 is 38.9 Å². The predicted molar refractivity (Wildman–Crippen MR) is 96.2 cm³/mol. The molecule has 1 aromatic carbocycles. The molecule has 0 saturated carbocycles. The molecular formula is C17H23ClN2OS. The van der Waals surface area contributed by atoms with Crippen LogP contribution in [0.2, 0.25) is 5.02 Å². The Kier molecular flexibility index (Phi) is 6.24. The van der Waals surface area contributed by atoms with E-state index in [0.29, 0.717) is 16.4 Å². The largest absolute Gasteiger partial charge is 0.337 e. The van der Waals surface area contributed by atoms with Gasteiger partial charge in [-0.1, -0.05) is 43.6 Å². The predicted octanol–water partition coefficient (Wildman–Crippen LogP) is 4.36. The molecule has 0 aliphatic carbocycles. The molecule has 22 heavy (non-hydrogen) atoms. The van der Waals surface area contributed by atoms with Crippen LogP contribution < -0.4 is 0 Å². The van der Waals surface area contributed by atoms with Gasteiger partial charge in [-0.2, -0.15) is 0 Å². The Morgan fingerprint density at radius 3 is 2.36 bits per heavy atom. The molecule has 1 heterocycles. The Bertz CT molecular complexity index is 637. The Labute approximate surface area is 141 Å². The number of halogens is 1. The lowest BCUT2D eigenvalue weighted by atomic mass is 10.2. The van der Waals surface area contributed by atoms with Gasteiger partial charge in [-0.05, 0) is 26.1 Å². The zero-order valence-corrected chi connectivity index (χ0v) is 15.0. The number of amides is 1. The third-order valence-corrected chi connectivity index (χ3v) is 5.64. The van der Waals surface area contributed by atoms with E-state index in [0.717, 1.165) is 36.3 Å². The number of likely N-dealkylation sites (N-methyl/N-ethyl adjacent to an activating group) is 2. The topological polar surface area (TPSA) is 23.6 Å². The molecule has 2 rings (SSSR count). The molecule has 3 nitrogen and oxygen atoms in total. The average Bonchev–Trinajstić information content (AvgIpc) is 2.89. The van der Waals surface area contributed by atoms with E-state index in [4.69, 9.17) is 11.6 Å². The van der Waals surface area contributed by atoms with Gasteiger partial charge in [0.15, 0.2) is 0 Å². The third-order valence-electron chi connectivity index (χ3n) is 3.98. The fourth-order valence-corrected chi connectivity index (χ4v) is 3.98. The molecule has 5 heteroatoms. The quantitative estimate of drug-likeness (QED) is 0.749. The van der Waals surface area contributed by atoms with Crippen molar-refractivity contribution in [1.29, 1.82) is 0 Å². The molecule has 120 valence electrons. The number of fused-ring (bicyclic) bond motifs is 1. The first-order valence-corrected chi connectivity index (χ1v) is 9.00. The number of hydrogen-bond donors (Lipinski definition) is 0. The molecule has 1 aromatic heterocycles. The molecule has 0 saturated heterocycles. The summed E-state index contributed by atoms with van der Waals surface area (Å²) in [7, 11) is 0. The number of carbonyl (C=O) groups excluding carboxylic acids is 1. The van der Waals surface area contributed by atoms with Gasteiger partial charge in [-0.15, -0.1) is 11.3 Å². The SMILES string of the molecule is CCN(CC)CCN(CC)C(=O)c1sc2ccccc2c1Cl. The third kappa shape index (κ3) is 3.62. The molecule has 0 atom stereocenters. The number of rotatable bonds is 7. The minimum atomic E-state index is 0.0425. The van der Waals surface area contributed by atoms with Crippen LogP contribution in [0.4, 0.5) is 0 Å². The van der Waals surface area contributed by atoms with Gasteiger partial charge in [0, 0.05) is 29.7 Å². The lowest BCUT2D eigenvalue weighted by molar-refractivity contribution is 0.0752. The van der Waals surface area contributed by atoms with Gasteiger partial charge in [0.05, 0.1) is 5.02 Å². The summed E-state index contributed by atoms with van der Waals surface area (Å²) in [6.45, 7) is 10.6. The van der Waals surface area contributed by atoms with Crippen LogP contribution in [0.25, 0.3) is 10.1 Å². The summed E-state index contributed by atoms with van der Waals surface area (Å²) in [5, 5.41) is 1.56. The molecule has 0 aliphatic heterocycles. The molecule has 0 N–H and O–H groups in total.